The average molecular weight is 401 g/mol. The quantitative estimate of drug-likeness (QED) is 0.410. The summed E-state index contributed by atoms with van der Waals surface area (Å²) in [5, 5.41) is 10.6. The number of thioether (sulfide) groups is 1. The molecule has 3 heterocycles. The van der Waals surface area contributed by atoms with Crippen molar-refractivity contribution in [2.24, 2.45) is 0 Å². The number of thiophene rings is 1. The zero-order valence-electron chi connectivity index (χ0n) is 14.5. The summed E-state index contributed by atoms with van der Waals surface area (Å²) in [6.07, 6.45) is 1.65. The lowest BCUT2D eigenvalue weighted by Crippen LogP contribution is -1.90. The number of aromatic nitrogens is 3. The molecule has 4 aromatic rings. The summed E-state index contributed by atoms with van der Waals surface area (Å²) in [7, 11) is 3.17. The Balaban J connectivity index is 1.44. The summed E-state index contributed by atoms with van der Waals surface area (Å²) >= 11 is 2.99. The molecular formula is C18H15N3O4S2. The first kappa shape index (κ1) is 17.6. The fourth-order valence-electron chi connectivity index (χ4n) is 2.38. The van der Waals surface area contributed by atoms with Crippen molar-refractivity contribution in [3.63, 3.8) is 0 Å². The third-order valence-corrected chi connectivity index (χ3v) is 5.37. The number of nitrogens with zero attached hydrogens (tertiary/aromatic N) is 3. The molecule has 7 nitrogen and oxygen atoms in total. The van der Waals surface area contributed by atoms with Gasteiger partial charge in [-0.05, 0) is 29.6 Å². The molecular weight excluding hydrogens is 386 g/mol. The van der Waals surface area contributed by atoms with Gasteiger partial charge in [0.05, 0.1) is 24.8 Å². The lowest BCUT2D eigenvalue weighted by Gasteiger charge is -2.07. The van der Waals surface area contributed by atoms with E-state index >= 15 is 0 Å². The van der Waals surface area contributed by atoms with E-state index in [4.69, 9.17) is 18.3 Å². The molecule has 0 N–H and O–H groups in total. The SMILES string of the molecule is COc1ccc(-c2nnc(SCc3coc(-c4cccs4)n3)o2)cc1OC. The zero-order valence-corrected chi connectivity index (χ0v) is 16.2. The zero-order chi connectivity index (χ0) is 18.6. The minimum Gasteiger partial charge on any atom is -0.493 e. The predicted molar refractivity (Wildman–Crippen MR) is 102 cm³/mol. The Morgan fingerprint density at radius 3 is 2.74 bits per heavy atom. The standard InChI is InChI=1S/C18H15N3O4S2/c1-22-13-6-5-11(8-14(13)23-2)16-20-21-18(25-16)27-10-12-9-24-17(19-12)15-4-3-7-26-15/h3-9H,10H2,1-2H3. The van der Waals surface area contributed by atoms with Crippen molar-refractivity contribution in [3.05, 3.63) is 47.7 Å². The maximum atomic E-state index is 5.73. The number of hydrogen-bond donors (Lipinski definition) is 0. The molecule has 0 spiro atoms. The molecule has 4 rings (SSSR count). The molecule has 0 saturated carbocycles. The lowest BCUT2D eigenvalue weighted by molar-refractivity contribution is 0.355. The fraction of sp³-hybridized carbons (Fsp3) is 0.167. The Morgan fingerprint density at radius 2 is 1.96 bits per heavy atom. The van der Waals surface area contributed by atoms with Crippen LogP contribution in [0.2, 0.25) is 0 Å². The highest BCUT2D eigenvalue weighted by molar-refractivity contribution is 7.98. The third-order valence-electron chi connectivity index (χ3n) is 3.66. The summed E-state index contributed by atoms with van der Waals surface area (Å²) in [6, 6.07) is 9.38. The number of ether oxygens (including phenoxy) is 2. The van der Waals surface area contributed by atoms with Crippen molar-refractivity contribution in [2.75, 3.05) is 14.2 Å². The maximum Gasteiger partial charge on any atom is 0.277 e. The normalized spacial score (nSPS) is 10.9. The summed E-state index contributed by atoms with van der Waals surface area (Å²) in [6.45, 7) is 0. The summed E-state index contributed by atoms with van der Waals surface area (Å²) in [5.41, 5.74) is 1.57. The average Bonchev–Trinajstić information content (AvgIpc) is 3.46. The number of rotatable bonds is 7. The largest absolute Gasteiger partial charge is 0.493 e. The molecule has 3 aromatic heterocycles. The van der Waals surface area contributed by atoms with E-state index in [1.165, 1.54) is 11.8 Å². The van der Waals surface area contributed by atoms with Crippen LogP contribution in [-0.4, -0.2) is 29.4 Å². The highest BCUT2D eigenvalue weighted by Crippen LogP contribution is 2.33. The Hall–Kier alpha value is -2.78. The lowest BCUT2D eigenvalue weighted by atomic mass is 10.2. The van der Waals surface area contributed by atoms with Gasteiger partial charge in [0.1, 0.15) is 6.26 Å². The van der Waals surface area contributed by atoms with Crippen LogP contribution in [0.15, 0.2) is 56.0 Å². The third kappa shape index (κ3) is 3.83. The van der Waals surface area contributed by atoms with E-state index in [0.717, 1.165) is 16.1 Å². The van der Waals surface area contributed by atoms with Gasteiger partial charge in [-0.2, -0.15) is 0 Å². The predicted octanol–water partition coefficient (Wildman–Crippen LogP) is 4.76. The van der Waals surface area contributed by atoms with Crippen molar-refractivity contribution in [2.45, 2.75) is 11.0 Å². The highest BCUT2D eigenvalue weighted by Gasteiger charge is 2.14. The van der Waals surface area contributed by atoms with Gasteiger partial charge in [0.2, 0.25) is 11.8 Å². The van der Waals surface area contributed by atoms with Crippen molar-refractivity contribution in [1.82, 2.24) is 15.2 Å². The molecule has 0 aliphatic carbocycles. The van der Waals surface area contributed by atoms with Crippen LogP contribution in [-0.2, 0) is 5.75 Å². The van der Waals surface area contributed by atoms with Crippen molar-refractivity contribution in [1.29, 1.82) is 0 Å². The topological polar surface area (TPSA) is 83.4 Å². The van der Waals surface area contributed by atoms with Gasteiger partial charge in [-0.25, -0.2) is 4.98 Å². The monoisotopic (exact) mass is 401 g/mol. The van der Waals surface area contributed by atoms with Crippen LogP contribution in [0.5, 0.6) is 11.5 Å². The van der Waals surface area contributed by atoms with E-state index in [2.05, 4.69) is 15.2 Å². The molecule has 138 valence electrons. The fourth-order valence-corrected chi connectivity index (χ4v) is 3.67. The minimum absolute atomic E-state index is 0.415. The molecule has 0 aliphatic heterocycles. The van der Waals surface area contributed by atoms with Crippen LogP contribution in [0.3, 0.4) is 0 Å². The van der Waals surface area contributed by atoms with Gasteiger partial charge in [0, 0.05) is 11.3 Å². The summed E-state index contributed by atoms with van der Waals surface area (Å²) in [4.78, 5) is 5.48. The molecule has 0 saturated heterocycles. The smallest absolute Gasteiger partial charge is 0.277 e. The maximum absolute atomic E-state index is 5.73. The van der Waals surface area contributed by atoms with Gasteiger partial charge in [-0.1, -0.05) is 17.8 Å². The number of benzene rings is 1. The van der Waals surface area contributed by atoms with Crippen LogP contribution in [0.1, 0.15) is 5.69 Å². The van der Waals surface area contributed by atoms with E-state index in [1.807, 2.05) is 23.6 Å². The van der Waals surface area contributed by atoms with Crippen molar-refractivity contribution < 1.29 is 18.3 Å². The molecule has 0 atom stereocenters. The summed E-state index contributed by atoms with van der Waals surface area (Å²) in [5.74, 6) is 2.85. The Kier molecular flexibility index (Phi) is 5.12. The molecule has 0 unspecified atom stereocenters. The second kappa shape index (κ2) is 7.85. The Bertz CT molecular complexity index is 1030. The van der Waals surface area contributed by atoms with E-state index in [1.54, 1.807) is 44.0 Å². The van der Waals surface area contributed by atoms with Gasteiger partial charge in [0.25, 0.3) is 5.22 Å². The van der Waals surface area contributed by atoms with Gasteiger partial charge < -0.3 is 18.3 Å². The van der Waals surface area contributed by atoms with Crippen LogP contribution in [0.25, 0.3) is 22.2 Å². The van der Waals surface area contributed by atoms with Crippen LogP contribution >= 0.6 is 23.1 Å². The molecule has 1 aromatic carbocycles. The summed E-state index contributed by atoms with van der Waals surface area (Å²) < 4.78 is 21.8. The highest BCUT2D eigenvalue weighted by atomic mass is 32.2. The van der Waals surface area contributed by atoms with E-state index in [9.17, 15) is 0 Å². The van der Waals surface area contributed by atoms with E-state index in [-0.39, 0.29) is 0 Å². The number of oxazole rings is 1. The molecule has 0 amide bonds. The molecule has 9 heteroatoms. The van der Waals surface area contributed by atoms with Gasteiger partial charge in [-0.3, -0.25) is 0 Å². The molecule has 0 aliphatic rings. The molecule has 0 radical (unpaired) electrons. The van der Waals surface area contributed by atoms with Crippen molar-refractivity contribution in [3.8, 4) is 33.7 Å². The first-order valence-corrected chi connectivity index (χ1v) is 9.80. The van der Waals surface area contributed by atoms with Gasteiger partial charge in [0.15, 0.2) is 11.5 Å². The number of methoxy groups -OCH3 is 2. The first-order valence-electron chi connectivity index (χ1n) is 7.94. The van der Waals surface area contributed by atoms with Crippen molar-refractivity contribution >= 4 is 23.1 Å². The molecule has 0 bridgehead atoms. The molecule has 0 fully saturated rings. The van der Waals surface area contributed by atoms with Gasteiger partial charge >= 0.3 is 0 Å². The second-order valence-electron chi connectivity index (χ2n) is 5.35. The van der Waals surface area contributed by atoms with Gasteiger partial charge in [-0.15, -0.1) is 21.5 Å². The van der Waals surface area contributed by atoms with Crippen LogP contribution < -0.4 is 9.47 Å². The molecule has 27 heavy (non-hydrogen) atoms. The second-order valence-corrected chi connectivity index (χ2v) is 7.23. The Labute approximate surface area is 163 Å². The van der Waals surface area contributed by atoms with Crippen LogP contribution in [0, 0.1) is 0 Å². The van der Waals surface area contributed by atoms with E-state index < -0.39 is 0 Å². The Morgan fingerprint density at radius 1 is 1.07 bits per heavy atom. The first-order chi connectivity index (χ1) is 13.3. The minimum atomic E-state index is 0.415. The van der Waals surface area contributed by atoms with E-state index in [0.29, 0.717) is 34.3 Å². The van der Waals surface area contributed by atoms with Crippen LogP contribution in [0.4, 0.5) is 0 Å². The number of hydrogen-bond acceptors (Lipinski definition) is 9.